The number of rotatable bonds is 1. The summed E-state index contributed by atoms with van der Waals surface area (Å²) < 4.78 is 4.68. The van der Waals surface area contributed by atoms with Gasteiger partial charge in [-0.25, -0.2) is 0 Å². The van der Waals surface area contributed by atoms with Gasteiger partial charge in [-0.05, 0) is 30.3 Å². The number of aromatic nitrogens is 2. The lowest BCUT2D eigenvalue weighted by atomic mass is 10.1. The van der Waals surface area contributed by atoms with Crippen LogP contribution in [0.2, 0.25) is 0 Å². The van der Waals surface area contributed by atoms with Crippen LogP contribution in [0.5, 0.6) is 0 Å². The zero-order chi connectivity index (χ0) is 13.5. The van der Waals surface area contributed by atoms with E-state index in [1.807, 2.05) is 18.2 Å². The van der Waals surface area contributed by atoms with Crippen LogP contribution in [-0.2, 0) is 13.1 Å². The van der Waals surface area contributed by atoms with Crippen LogP contribution in [0.25, 0.3) is 22.2 Å². The molecule has 0 bridgehead atoms. The molecule has 104 valence electrons. The summed E-state index contributed by atoms with van der Waals surface area (Å²) in [6.45, 7) is 2.09. The molecule has 0 N–H and O–H groups in total. The highest BCUT2D eigenvalue weighted by Gasteiger charge is 2.29. The molecule has 0 spiro atoms. The first kappa shape index (κ1) is 13.8. The quantitative estimate of drug-likeness (QED) is 0.569. The number of hydrogen-bond donors (Lipinski definition) is 0. The van der Waals surface area contributed by atoms with Crippen molar-refractivity contribution in [3.63, 3.8) is 0 Å². The number of fused-ring (bicyclic) bond motifs is 3. The average molecular weight is 340 g/mol. The van der Waals surface area contributed by atoms with Gasteiger partial charge in [0, 0.05) is 12.0 Å². The Morgan fingerprint density at radius 2 is 1.90 bits per heavy atom. The van der Waals surface area contributed by atoms with Gasteiger partial charge in [-0.2, -0.15) is 9.94 Å². The lowest BCUT2D eigenvalue weighted by Crippen LogP contribution is -3.00. The largest absolute Gasteiger partial charge is 1.00 e. The predicted molar refractivity (Wildman–Crippen MR) is 76.9 cm³/mol. The Labute approximate surface area is 133 Å². The molecule has 0 amide bonds. The second-order valence-corrected chi connectivity index (χ2v) is 5.16. The van der Waals surface area contributed by atoms with E-state index in [0.717, 1.165) is 18.7 Å². The van der Waals surface area contributed by atoms with E-state index in [1.54, 1.807) is 0 Å². The second-order valence-electron chi connectivity index (χ2n) is 5.16. The van der Waals surface area contributed by atoms with Crippen molar-refractivity contribution in [1.29, 1.82) is 5.26 Å². The maximum absolute atomic E-state index is 9.14. The van der Waals surface area contributed by atoms with E-state index >= 15 is 0 Å². The standard InChI is InChI=1S/C17H14N3.BrH/c18-12-13-7-8-16-15(11-13)17(14-5-2-1-3-6-14)20-10-4-9-19(16)20;/h1-3,5-8,11H,4,9-10H2;1H/q+1;/p-1. The van der Waals surface area contributed by atoms with Crippen LogP contribution in [0.4, 0.5) is 0 Å². The molecule has 1 aliphatic heterocycles. The van der Waals surface area contributed by atoms with Crippen LogP contribution in [0, 0.1) is 11.3 Å². The Morgan fingerprint density at radius 1 is 1.10 bits per heavy atom. The van der Waals surface area contributed by atoms with Crippen molar-refractivity contribution in [3.8, 4) is 17.3 Å². The van der Waals surface area contributed by atoms with Crippen LogP contribution in [0.15, 0.2) is 48.5 Å². The lowest BCUT2D eigenvalue weighted by molar-refractivity contribution is -0.745. The monoisotopic (exact) mass is 339 g/mol. The zero-order valence-electron chi connectivity index (χ0n) is 11.5. The first-order valence-corrected chi connectivity index (χ1v) is 6.90. The number of nitrogens with zero attached hydrogens (tertiary/aromatic N) is 3. The molecule has 0 radical (unpaired) electrons. The van der Waals surface area contributed by atoms with Gasteiger partial charge in [0.05, 0.1) is 23.6 Å². The van der Waals surface area contributed by atoms with Gasteiger partial charge < -0.3 is 17.0 Å². The molecule has 0 saturated heterocycles. The number of nitriles is 1. The minimum absolute atomic E-state index is 0. The molecule has 4 heteroatoms. The van der Waals surface area contributed by atoms with Gasteiger partial charge in [-0.1, -0.05) is 18.2 Å². The van der Waals surface area contributed by atoms with Crippen LogP contribution in [-0.4, -0.2) is 4.68 Å². The van der Waals surface area contributed by atoms with Crippen LogP contribution in [0.3, 0.4) is 0 Å². The Hall–Kier alpha value is -2.12. The molecule has 4 rings (SSSR count). The Bertz CT molecular complexity index is 844. The fourth-order valence-electron chi connectivity index (χ4n) is 3.15. The summed E-state index contributed by atoms with van der Waals surface area (Å²) >= 11 is 0. The first-order valence-electron chi connectivity index (χ1n) is 6.90. The van der Waals surface area contributed by atoms with E-state index in [2.05, 4.69) is 45.8 Å². The summed E-state index contributed by atoms with van der Waals surface area (Å²) in [7, 11) is 0. The summed E-state index contributed by atoms with van der Waals surface area (Å²) in [5, 5.41) is 10.3. The first-order chi connectivity index (χ1) is 9.88. The molecule has 0 aliphatic carbocycles. The number of benzene rings is 2. The van der Waals surface area contributed by atoms with Gasteiger partial charge in [0.1, 0.15) is 5.52 Å². The molecule has 0 atom stereocenters. The summed E-state index contributed by atoms with van der Waals surface area (Å²) in [5.74, 6) is 0. The minimum Gasteiger partial charge on any atom is -1.00 e. The fourth-order valence-corrected chi connectivity index (χ4v) is 3.15. The molecule has 3 nitrogen and oxygen atoms in total. The molecule has 3 aromatic rings. The van der Waals surface area contributed by atoms with E-state index in [9.17, 15) is 0 Å². The van der Waals surface area contributed by atoms with Gasteiger partial charge >= 0.3 is 0 Å². The average Bonchev–Trinajstić information content (AvgIpc) is 3.07. The molecule has 0 unspecified atom stereocenters. The van der Waals surface area contributed by atoms with Gasteiger partial charge in [0.2, 0.25) is 5.69 Å². The SMILES string of the molecule is N#Cc1ccc2c(c1)c(-c1ccccc1)[n+]1n2CCC1.[Br-]. The molecule has 0 saturated carbocycles. The lowest BCUT2D eigenvalue weighted by Gasteiger charge is -1.96. The summed E-state index contributed by atoms with van der Waals surface area (Å²) in [6.07, 6.45) is 1.18. The second kappa shape index (κ2) is 5.34. The van der Waals surface area contributed by atoms with Crippen molar-refractivity contribution in [2.45, 2.75) is 19.5 Å². The fraction of sp³-hybridized carbons (Fsp3) is 0.176. The molecular weight excluding hydrogens is 326 g/mol. The summed E-state index contributed by atoms with van der Waals surface area (Å²) in [6, 6.07) is 18.7. The number of hydrogen-bond acceptors (Lipinski definition) is 1. The third-order valence-corrected chi connectivity index (χ3v) is 4.00. The maximum atomic E-state index is 9.14. The molecule has 2 heterocycles. The van der Waals surface area contributed by atoms with E-state index in [0.29, 0.717) is 0 Å². The third-order valence-electron chi connectivity index (χ3n) is 4.00. The van der Waals surface area contributed by atoms with E-state index in [4.69, 9.17) is 5.26 Å². The third kappa shape index (κ3) is 2.05. The zero-order valence-corrected chi connectivity index (χ0v) is 13.0. The van der Waals surface area contributed by atoms with Crippen LogP contribution < -0.4 is 21.7 Å². The number of aryl methyl sites for hydroxylation is 1. The predicted octanol–water partition coefficient (Wildman–Crippen LogP) is -0.125. The summed E-state index contributed by atoms with van der Waals surface area (Å²) in [4.78, 5) is 0. The van der Waals surface area contributed by atoms with Gasteiger partial charge in [0.25, 0.3) is 0 Å². The Morgan fingerprint density at radius 3 is 2.67 bits per heavy atom. The smallest absolute Gasteiger partial charge is 0.246 e. The molecular formula is C17H14BrN3. The van der Waals surface area contributed by atoms with Crippen molar-refractivity contribution in [3.05, 3.63) is 54.1 Å². The van der Waals surface area contributed by atoms with Gasteiger partial charge in [-0.3, -0.25) is 0 Å². The molecule has 0 fully saturated rings. The van der Waals surface area contributed by atoms with Crippen molar-refractivity contribution in [2.24, 2.45) is 0 Å². The van der Waals surface area contributed by atoms with Crippen molar-refractivity contribution >= 4 is 10.9 Å². The molecule has 1 aromatic heterocycles. The van der Waals surface area contributed by atoms with E-state index < -0.39 is 0 Å². The highest BCUT2D eigenvalue weighted by atomic mass is 79.9. The Balaban J connectivity index is 0.00000132. The van der Waals surface area contributed by atoms with E-state index in [1.165, 1.54) is 28.6 Å². The molecule has 2 aromatic carbocycles. The van der Waals surface area contributed by atoms with Crippen molar-refractivity contribution in [1.82, 2.24) is 4.68 Å². The van der Waals surface area contributed by atoms with E-state index in [-0.39, 0.29) is 17.0 Å². The molecule has 21 heavy (non-hydrogen) atoms. The normalized spacial score (nSPS) is 12.7. The Kier molecular flexibility index (Phi) is 3.52. The van der Waals surface area contributed by atoms with Gasteiger partial charge in [0.15, 0.2) is 6.54 Å². The topological polar surface area (TPSA) is 32.6 Å². The highest BCUT2D eigenvalue weighted by molar-refractivity contribution is 5.92. The van der Waals surface area contributed by atoms with Crippen molar-refractivity contribution < 1.29 is 21.7 Å². The maximum Gasteiger partial charge on any atom is 0.246 e. The number of halogens is 1. The minimum atomic E-state index is 0. The molecule has 1 aliphatic rings. The van der Waals surface area contributed by atoms with Crippen LogP contribution in [0.1, 0.15) is 12.0 Å². The summed E-state index contributed by atoms with van der Waals surface area (Å²) in [5.41, 5.74) is 4.39. The van der Waals surface area contributed by atoms with Crippen molar-refractivity contribution in [2.75, 3.05) is 0 Å². The van der Waals surface area contributed by atoms with Crippen LogP contribution >= 0.6 is 0 Å². The van der Waals surface area contributed by atoms with Gasteiger partial charge in [-0.15, -0.1) is 4.68 Å². The highest BCUT2D eigenvalue weighted by Crippen LogP contribution is 2.29.